The van der Waals surface area contributed by atoms with Crippen molar-refractivity contribution in [1.29, 1.82) is 0 Å². The summed E-state index contributed by atoms with van der Waals surface area (Å²) >= 11 is 0. The second-order valence-electron chi connectivity index (χ2n) is 13.2. The highest BCUT2D eigenvalue weighted by atomic mass is 31.2. The standard InChI is InChI=1S/C39H69O9P/c1-4-5-6-7-8-9-10-11-12-16-19-22-25-29-36(40)30-27-32-39(42)48-37(34-47-49(43,44)45)33-46-38(41)31-26-23-20-17-14-13-15-18-21-24-28-35(2)3/h8-9,11-12,19,22,25,29,35-37,40H,4-7,10,13-18,20-21,23-24,26-28,30-34H2,1-3H3,(H2,43,44,45)/b9-8-,12-11-,22-19-,29-25+/t36-,37+/m0/s1. The summed E-state index contributed by atoms with van der Waals surface area (Å²) in [5.41, 5.74) is 0. The Morgan fingerprint density at radius 1 is 0.673 bits per heavy atom. The van der Waals surface area contributed by atoms with E-state index in [0.717, 1.165) is 44.4 Å². The van der Waals surface area contributed by atoms with Gasteiger partial charge >= 0.3 is 19.8 Å². The first-order chi connectivity index (χ1) is 23.5. The van der Waals surface area contributed by atoms with E-state index in [1.807, 2.05) is 12.2 Å². The summed E-state index contributed by atoms with van der Waals surface area (Å²) in [6.07, 6.45) is 34.4. The number of hydrogen-bond acceptors (Lipinski definition) is 7. The van der Waals surface area contributed by atoms with Crippen molar-refractivity contribution in [3.05, 3.63) is 48.6 Å². The number of aliphatic hydroxyl groups is 1. The highest BCUT2D eigenvalue weighted by molar-refractivity contribution is 7.46. The van der Waals surface area contributed by atoms with Crippen LogP contribution in [-0.2, 0) is 28.2 Å². The van der Waals surface area contributed by atoms with Gasteiger partial charge in [0.05, 0.1) is 12.7 Å². The smallest absolute Gasteiger partial charge is 0.462 e. The minimum Gasteiger partial charge on any atom is -0.462 e. The van der Waals surface area contributed by atoms with Crippen LogP contribution < -0.4 is 0 Å². The summed E-state index contributed by atoms with van der Waals surface area (Å²) in [6.45, 7) is 5.78. The van der Waals surface area contributed by atoms with E-state index < -0.39 is 38.6 Å². The van der Waals surface area contributed by atoms with Crippen LogP contribution in [0, 0.1) is 5.92 Å². The van der Waals surface area contributed by atoms with Crippen LogP contribution in [0.15, 0.2) is 48.6 Å². The molecule has 9 nitrogen and oxygen atoms in total. The van der Waals surface area contributed by atoms with Gasteiger partial charge in [0.15, 0.2) is 6.10 Å². The van der Waals surface area contributed by atoms with E-state index in [4.69, 9.17) is 19.3 Å². The third-order valence-electron chi connectivity index (χ3n) is 7.88. The molecule has 0 spiro atoms. The first kappa shape index (κ1) is 47.0. The van der Waals surface area contributed by atoms with Crippen LogP contribution in [0.25, 0.3) is 0 Å². The van der Waals surface area contributed by atoms with E-state index in [-0.39, 0.29) is 19.4 Å². The molecule has 0 aromatic heterocycles. The average molecular weight is 713 g/mol. The highest BCUT2D eigenvalue weighted by Gasteiger charge is 2.23. The lowest BCUT2D eigenvalue weighted by molar-refractivity contribution is -0.161. The van der Waals surface area contributed by atoms with Gasteiger partial charge in [0.25, 0.3) is 0 Å². The average Bonchev–Trinajstić information content (AvgIpc) is 3.04. The molecule has 284 valence electrons. The van der Waals surface area contributed by atoms with E-state index in [2.05, 4.69) is 49.6 Å². The van der Waals surface area contributed by atoms with Crippen molar-refractivity contribution >= 4 is 19.8 Å². The molecule has 0 saturated heterocycles. The fourth-order valence-electron chi connectivity index (χ4n) is 5.01. The van der Waals surface area contributed by atoms with Crippen LogP contribution in [0.5, 0.6) is 0 Å². The molecule has 3 N–H and O–H groups in total. The number of unbranched alkanes of at least 4 members (excludes halogenated alkanes) is 12. The third kappa shape index (κ3) is 37.1. The van der Waals surface area contributed by atoms with Crippen molar-refractivity contribution in [3.8, 4) is 0 Å². The van der Waals surface area contributed by atoms with E-state index in [0.29, 0.717) is 19.3 Å². The zero-order chi connectivity index (χ0) is 36.4. The first-order valence-electron chi connectivity index (χ1n) is 18.9. The number of hydrogen-bond donors (Lipinski definition) is 3. The molecule has 0 radical (unpaired) electrons. The van der Waals surface area contributed by atoms with Crippen LogP contribution >= 0.6 is 7.82 Å². The SMILES string of the molecule is CCCCC/C=C\C/C=C\C/C=C\C=C\[C@H](O)CCCC(=O)O[C@H](COC(=O)CCCCCCCCCCCCC(C)C)COP(=O)(O)O. The Bertz CT molecular complexity index is 968. The largest absolute Gasteiger partial charge is 0.469 e. The monoisotopic (exact) mass is 712 g/mol. The lowest BCUT2D eigenvalue weighted by Crippen LogP contribution is -2.29. The molecular weight excluding hydrogens is 643 g/mol. The molecular formula is C39H69O9P. The number of carbonyl (C=O) groups is 2. The number of ether oxygens (including phenoxy) is 2. The quantitative estimate of drug-likeness (QED) is 0.0199. The van der Waals surface area contributed by atoms with E-state index in [9.17, 15) is 19.3 Å². The molecule has 0 saturated carbocycles. The Hall–Kier alpha value is -2.03. The minimum atomic E-state index is -4.80. The molecule has 0 unspecified atom stereocenters. The minimum absolute atomic E-state index is 0.0168. The van der Waals surface area contributed by atoms with Crippen molar-refractivity contribution in [1.82, 2.24) is 0 Å². The summed E-state index contributed by atoms with van der Waals surface area (Å²) in [4.78, 5) is 42.7. The van der Waals surface area contributed by atoms with Gasteiger partial charge in [0.1, 0.15) is 6.61 Å². The summed E-state index contributed by atoms with van der Waals surface area (Å²) in [5, 5.41) is 10.2. The molecule has 0 aliphatic carbocycles. The van der Waals surface area contributed by atoms with Crippen LogP contribution in [0.2, 0.25) is 0 Å². The zero-order valence-corrected chi connectivity index (χ0v) is 31.7. The van der Waals surface area contributed by atoms with Crippen molar-refractivity contribution < 1.29 is 43.0 Å². The van der Waals surface area contributed by atoms with Crippen molar-refractivity contribution in [2.24, 2.45) is 5.92 Å². The molecule has 0 bridgehead atoms. The van der Waals surface area contributed by atoms with Gasteiger partial charge in [-0.15, -0.1) is 0 Å². The third-order valence-corrected chi connectivity index (χ3v) is 8.37. The first-order valence-corrected chi connectivity index (χ1v) is 20.4. The molecule has 0 aliphatic heterocycles. The van der Waals surface area contributed by atoms with Crippen LogP contribution in [0.4, 0.5) is 0 Å². The summed E-state index contributed by atoms with van der Waals surface area (Å²) < 4.78 is 26.2. The molecule has 0 amide bonds. The molecule has 0 fully saturated rings. The van der Waals surface area contributed by atoms with Crippen molar-refractivity contribution in [2.45, 2.75) is 168 Å². The number of allylic oxidation sites excluding steroid dienone is 7. The Kier molecular flexibility index (Phi) is 31.8. The van der Waals surface area contributed by atoms with Crippen LogP contribution in [0.1, 0.15) is 156 Å². The summed E-state index contributed by atoms with van der Waals surface area (Å²) in [7, 11) is -4.80. The lowest BCUT2D eigenvalue weighted by atomic mass is 10.0. The number of rotatable bonds is 33. The maximum absolute atomic E-state index is 12.4. The zero-order valence-electron chi connectivity index (χ0n) is 30.9. The molecule has 0 aromatic rings. The number of esters is 2. The van der Waals surface area contributed by atoms with E-state index >= 15 is 0 Å². The molecule has 0 aliphatic rings. The maximum Gasteiger partial charge on any atom is 0.469 e. The Balaban J connectivity index is 4.20. The van der Waals surface area contributed by atoms with Gasteiger partial charge in [-0.3, -0.25) is 14.1 Å². The summed E-state index contributed by atoms with van der Waals surface area (Å²) in [6, 6.07) is 0. The predicted molar refractivity (Wildman–Crippen MR) is 199 cm³/mol. The normalized spacial score (nSPS) is 13.8. The van der Waals surface area contributed by atoms with Crippen molar-refractivity contribution in [2.75, 3.05) is 13.2 Å². The molecule has 10 heteroatoms. The van der Waals surface area contributed by atoms with E-state index in [1.165, 1.54) is 64.2 Å². The number of phosphoric ester groups is 1. The second-order valence-corrected chi connectivity index (χ2v) is 14.5. The van der Waals surface area contributed by atoms with E-state index in [1.54, 1.807) is 12.2 Å². The van der Waals surface area contributed by atoms with Gasteiger partial charge in [0.2, 0.25) is 0 Å². The van der Waals surface area contributed by atoms with Crippen LogP contribution in [-0.4, -0.2) is 52.3 Å². The number of aliphatic hydroxyl groups excluding tert-OH is 1. The Morgan fingerprint density at radius 3 is 1.90 bits per heavy atom. The lowest BCUT2D eigenvalue weighted by Gasteiger charge is -2.18. The number of carbonyl (C=O) groups excluding carboxylic acids is 2. The molecule has 0 rings (SSSR count). The van der Waals surface area contributed by atoms with Crippen LogP contribution in [0.3, 0.4) is 0 Å². The highest BCUT2D eigenvalue weighted by Crippen LogP contribution is 2.36. The fourth-order valence-corrected chi connectivity index (χ4v) is 5.37. The molecule has 49 heavy (non-hydrogen) atoms. The van der Waals surface area contributed by atoms with Gasteiger partial charge in [-0.2, -0.15) is 0 Å². The van der Waals surface area contributed by atoms with Gasteiger partial charge < -0.3 is 24.4 Å². The second kappa shape index (κ2) is 33.1. The fraction of sp³-hybridized carbons (Fsp3) is 0.744. The van der Waals surface area contributed by atoms with Gasteiger partial charge in [-0.1, -0.05) is 146 Å². The van der Waals surface area contributed by atoms with Crippen molar-refractivity contribution in [3.63, 3.8) is 0 Å². The molecule has 0 heterocycles. The predicted octanol–water partition coefficient (Wildman–Crippen LogP) is 10.0. The topological polar surface area (TPSA) is 140 Å². The number of phosphoric acid groups is 1. The van der Waals surface area contributed by atoms with Gasteiger partial charge in [0, 0.05) is 12.8 Å². The maximum atomic E-state index is 12.4. The van der Waals surface area contributed by atoms with Gasteiger partial charge in [-0.05, 0) is 50.9 Å². The molecule has 0 aromatic carbocycles. The Morgan fingerprint density at radius 2 is 1.27 bits per heavy atom. The summed E-state index contributed by atoms with van der Waals surface area (Å²) in [5.74, 6) is -0.300. The molecule has 2 atom stereocenters. The Labute approximate surface area is 297 Å². The van der Waals surface area contributed by atoms with Gasteiger partial charge in [-0.25, -0.2) is 4.57 Å².